The standard InChI is InChI=1S/C9H12N2O2S2/c10-7(12)3-4-8(13)11-6-15-9-2-1-5-14-9/h1-2,5H,3-4,6H2,(H2,10,12)(H,11,13). The molecule has 0 aliphatic rings. The Balaban J connectivity index is 2.09. The minimum Gasteiger partial charge on any atom is -0.370 e. The van der Waals surface area contributed by atoms with E-state index < -0.39 is 5.91 Å². The molecule has 6 heteroatoms. The molecule has 0 saturated carbocycles. The molecule has 4 nitrogen and oxygen atoms in total. The summed E-state index contributed by atoms with van der Waals surface area (Å²) in [5.41, 5.74) is 4.92. The van der Waals surface area contributed by atoms with Gasteiger partial charge in [-0.2, -0.15) is 0 Å². The smallest absolute Gasteiger partial charge is 0.221 e. The molecular formula is C9H12N2O2S2. The highest BCUT2D eigenvalue weighted by Gasteiger charge is 2.03. The molecular weight excluding hydrogens is 232 g/mol. The fourth-order valence-electron chi connectivity index (χ4n) is 0.858. The molecule has 0 unspecified atom stereocenters. The molecule has 82 valence electrons. The van der Waals surface area contributed by atoms with E-state index in [1.54, 1.807) is 23.1 Å². The summed E-state index contributed by atoms with van der Waals surface area (Å²) < 4.78 is 1.16. The third-order valence-electron chi connectivity index (χ3n) is 1.58. The van der Waals surface area contributed by atoms with Crippen molar-refractivity contribution in [3.8, 4) is 0 Å². The number of nitrogens with two attached hydrogens (primary N) is 1. The van der Waals surface area contributed by atoms with Crippen LogP contribution in [-0.4, -0.2) is 17.7 Å². The van der Waals surface area contributed by atoms with Crippen LogP contribution in [0.15, 0.2) is 21.7 Å². The van der Waals surface area contributed by atoms with Crippen LogP contribution in [-0.2, 0) is 9.59 Å². The zero-order valence-electron chi connectivity index (χ0n) is 8.06. The van der Waals surface area contributed by atoms with Crippen molar-refractivity contribution >= 4 is 34.9 Å². The average Bonchev–Trinajstić information content (AvgIpc) is 2.67. The molecule has 15 heavy (non-hydrogen) atoms. The van der Waals surface area contributed by atoms with Crippen LogP contribution in [0.3, 0.4) is 0 Å². The fourth-order valence-corrected chi connectivity index (χ4v) is 2.47. The van der Waals surface area contributed by atoms with Crippen LogP contribution >= 0.6 is 23.1 Å². The van der Waals surface area contributed by atoms with E-state index in [0.29, 0.717) is 5.88 Å². The van der Waals surface area contributed by atoms with Gasteiger partial charge in [0.1, 0.15) is 0 Å². The van der Waals surface area contributed by atoms with Crippen LogP contribution in [0.4, 0.5) is 0 Å². The second-order valence-corrected chi connectivity index (χ2v) is 5.01. The van der Waals surface area contributed by atoms with Crippen molar-refractivity contribution in [2.75, 3.05) is 5.88 Å². The highest BCUT2D eigenvalue weighted by atomic mass is 32.2. The van der Waals surface area contributed by atoms with Gasteiger partial charge in [0.2, 0.25) is 11.8 Å². The number of hydrogen-bond acceptors (Lipinski definition) is 4. The second-order valence-electron chi connectivity index (χ2n) is 2.79. The third kappa shape index (κ3) is 5.44. The quantitative estimate of drug-likeness (QED) is 0.583. The third-order valence-corrected chi connectivity index (χ3v) is 3.59. The summed E-state index contributed by atoms with van der Waals surface area (Å²) in [6.45, 7) is 0. The van der Waals surface area contributed by atoms with E-state index in [2.05, 4.69) is 5.32 Å². The van der Waals surface area contributed by atoms with Crippen LogP contribution < -0.4 is 11.1 Å². The summed E-state index contributed by atoms with van der Waals surface area (Å²) >= 11 is 3.19. The maximum Gasteiger partial charge on any atom is 0.221 e. The lowest BCUT2D eigenvalue weighted by molar-refractivity contribution is -0.124. The number of thiophene rings is 1. The molecule has 1 aromatic rings. The molecule has 1 aromatic heterocycles. The highest BCUT2D eigenvalue weighted by Crippen LogP contribution is 2.21. The van der Waals surface area contributed by atoms with E-state index in [1.807, 2.05) is 17.5 Å². The predicted molar refractivity (Wildman–Crippen MR) is 61.6 cm³/mol. The Morgan fingerprint density at radius 3 is 2.87 bits per heavy atom. The number of amides is 2. The van der Waals surface area contributed by atoms with Crippen LogP contribution in [0.2, 0.25) is 0 Å². The Morgan fingerprint density at radius 1 is 1.47 bits per heavy atom. The summed E-state index contributed by atoms with van der Waals surface area (Å²) in [5, 5.41) is 4.68. The van der Waals surface area contributed by atoms with Crippen molar-refractivity contribution in [1.29, 1.82) is 0 Å². The topological polar surface area (TPSA) is 72.2 Å². The number of hydrogen-bond donors (Lipinski definition) is 2. The van der Waals surface area contributed by atoms with Gasteiger partial charge in [0.15, 0.2) is 0 Å². The van der Waals surface area contributed by atoms with Gasteiger partial charge in [-0.3, -0.25) is 9.59 Å². The normalized spacial score (nSPS) is 9.87. The fraction of sp³-hybridized carbons (Fsp3) is 0.333. The summed E-state index contributed by atoms with van der Waals surface area (Å²) in [6.07, 6.45) is 0.274. The average molecular weight is 244 g/mol. The van der Waals surface area contributed by atoms with Gasteiger partial charge >= 0.3 is 0 Å². The number of nitrogens with one attached hydrogen (secondary N) is 1. The first kappa shape index (κ1) is 12.1. The van der Waals surface area contributed by atoms with Gasteiger partial charge in [0.05, 0.1) is 10.1 Å². The largest absolute Gasteiger partial charge is 0.370 e. The van der Waals surface area contributed by atoms with E-state index in [4.69, 9.17) is 5.73 Å². The van der Waals surface area contributed by atoms with Crippen molar-refractivity contribution in [1.82, 2.24) is 5.32 Å². The Labute approximate surface area is 96.2 Å². The van der Waals surface area contributed by atoms with Gasteiger partial charge in [-0.1, -0.05) is 17.8 Å². The highest BCUT2D eigenvalue weighted by molar-refractivity contribution is 8.01. The number of carbonyl (C=O) groups is 2. The molecule has 0 fully saturated rings. The van der Waals surface area contributed by atoms with Crippen molar-refractivity contribution < 1.29 is 9.59 Å². The van der Waals surface area contributed by atoms with Crippen molar-refractivity contribution in [2.45, 2.75) is 17.1 Å². The molecule has 1 rings (SSSR count). The maximum atomic E-state index is 11.1. The minimum atomic E-state index is -0.448. The maximum absolute atomic E-state index is 11.1. The van der Waals surface area contributed by atoms with Gasteiger partial charge in [-0.15, -0.1) is 11.3 Å². The number of rotatable bonds is 6. The molecule has 3 N–H and O–H groups in total. The monoisotopic (exact) mass is 244 g/mol. The van der Waals surface area contributed by atoms with Crippen LogP contribution in [0.25, 0.3) is 0 Å². The zero-order valence-corrected chi connectivity index (χ0v) is 9.70. The first-order valence-electron chi connectivity index (χ1n) is 4.40. The number of carbonyl (C=O) groups excluding carboxylic acids is 2. The molecule has 0 radical (unpaired) electrons. The van der Waals surface area contributed by atoms with Gasteiger partial charge in [0, 0.05) is 12.8 Å². The number of primary amides is 1. The Kier molecular flexibility index (Phi) is 5.20. The lowest BCUT2D eigenvalue weighted by Gasteiger charge is -2.02. The van der Waals surface area contributed by atoms with Gasteiger partial charge in [-0.05, 0) is 11.4 Å². The van der Waals surface area contributed by atoms with Crippen molar-refractivity contribution in [3.05, 3.63) is 17.5 Å². The summed E-state index contributed by atoms with van der Waals surface area (Å²) in [5.74, 6) is -0.0631. The van der Waals surface area contributed by atoms with Gasteiger partial charge < -0.3 is 11.1 Å². The molecule has 0 aromatic carbocycles. The van der Waals surface area contributed by atoms with E-state index in [-0.39, 0.29) is 18.7 Å². The molecule has 0 aliphatic carbocycles. The summed E-state index contributed by atoms with van der Waals surface area (Å²) in [4.78, 5) is 21.6. The number of thioether (sulfide) groups is 1. The van der Waals surface area contributed by atoms with Crippen LogP contribution in [0, 0.1) is 0 Å². The minimum absolute atomic E-state index is 0.107. The van der Waals surface area contributed by atoms with E-state index in [1.165, 1.54) is 0 Å². The Bertz CT molecular complexity index is 325. The first-order valence-corrected chi connectivity index (χ1v) is 6.26. The lowest BCUT2D eigenvalue weighted by Crippen LogP contribution is -2.24. The Hall–Kier alpha value is -1.01. The predicted octanol–water partition coefficient (Wildman–Crippen LogP) is 1.18. The molecule has 0 atom stereocenters. The lowest BCUT2D eigenvalue weighted by atomic mass is 10.3. The molecule has 2 amide bonds. The van der Waals surface area contributed by atoms with Gasteiger partial charge in [-0.25, -0.2) is 0 Å². The molecule has 1 heterocycles. The van der Waals surface area contributed by atoms with E-state index in [9.17, 15) is 9.59 Å². The van der Waals surface area contributed by atoms with Gasteiger partial charge in [0.25, 0.3) is 0 Å². The summed E-state index contributed by atoms with van der Waals surface area (Å²) in [6, 6.07) is 3.95. The zero-order chi connectivity index (χ0) is 11.1. The van der Waals surface area contributed by atoms with Crippen molar-refractivity contribution in [3.63, 3.8) is 0 Å². The van der Waals surface area contributed by atoms with Crippen LogP contribution in [0.1, 0.15) is 12.8 Å². The molecule has 0 spiro atoms. The van der Waals surface area contributed by atoms with Crippen LogP contribution in [0.5, 0.6) is 0 Å². The Morgan fingerprint density at radius 2 is 2.27 bits per heavy atom. The summed E-state index contributed by atoms with van der Waals surface area (Å²) in [7, 11) is 0. The SMILES string of the molecule is NC(=O)CCC(=O)NCSc1cccs1. The molecule has 0 aliphatic heterocycles. The molecule has 0 saturated heterocycles. The second kappa shape index (κ2) is 6.47. The van der Waals surface area contributed by atoms with E-state index in [0.717, 1.165) is 4.21 Å². The van der Waals surface area contributed by atoms with Crippen molar-refractivity contribution in [2.24, 2.45) is 5.73 Å². The molecule has 0 bridgehead atoms. The van der Waals surface area contributed by atoms with E-state index >= 15 is 0 Å². The first-order chi connectivity index (χ1) is 7.18.